The molecular weight excluding hydrogens is 323 g/mol. The topological polar surface area (TPSA) is 67.3 Å². The molecule has 0 bridgehead atoms. The molecule has 0 aliphatic heterocycles. The minimum Gasteiger partial charge on any atom is -0.507 e. The number of phenols is 1. The SMILES string of the molecule is COCCNCc1ccc(-c2c(C)cc(C(F)(F)F)cc2O)nn1. The van der Waals surface area contributed by atoms with Crippen molar-refractivity contribution in [3.05, 3.63) is 41.1 Å². The molecule has 0 fully saturated rings. The number of benzene rings is 1. The van der Waals surface area contributed by atoms with Crippen molar-refractivity contribution < 1.29 is 23.0 Å². The van der Waals surface area contributed by atoms with E-state index in [0.29, 0.717) is 37.2 Å². The molecule has 0 aliphatic carbocycles. The second-order valence-electron chi connectivity index (χ2n) is 5.26. The molecular formula is C16H18F3N3O2. The van der Waals surface area contributed by atoms with E-state index in [9.17, 15) is 18.3 Å². The Morgan fingerprint density at radius 3 is 2.50 bits per heavy atom. The van der Waals surface area contributed by atoms with Crippen LogP contribution in [0.15, 0.2) is 24.3 Å². The molecule has 2 N–H and O–H groups in total. The monoisotopic (exact) mass is 341 g/mol. The van der Waals surface area contributed by atoms with Crippen molar-refractivity contribution in [2.45, 2.75) is 19.6 Å². The molecule has 0 spiro atoms. The van der Waals surface area contributed by atoms with E-state index in [1.54, 1.807) is 19.2 Å². The molecule has 2 aromatic rings. The van der Waals surface area contributed by atoms with Gasteiger partial charge in [-0.1, -0.05) is 0 Å². The first-order valence-electron chi connectivity index (χ1n) is 7.26. The van der Waals surface area contributed by atoms with Crippen LogP contribution >= 0.6 is 0 Å². The lowest BCUT2D eigenvalue weighted by Gasteiger charge is -2.13. The van der Waals surface area contributed by atoms with Crippen molar-refractivity contribution in [2.75, 3.05) is 20.3 Å². The van der Waals surface area contributed by atoms with E-state index >= 15 is 0 Å². The highest BCUT2D eigenvalue weighted by atomic mass is 19.4. The average molecular weight is 341 g/mol. The Morgan fingerprint density at radius 1 is 1.21 bits per heavy atom. The highest BCUT2D eigenvalue weighted by Crippen LogP contribution is 2.38. The van der Waals surface area contributed by atoms with E-state index in [-0.39, 0.29) is 11.1 Å². The molecule has 5 nitrogen and oxygen atoms in total. The summed E-state index contributed by atoms with van der Waals surface area (Å²) in [6.45, 7) is 3.23. The molecule has 0 saturated carbocycles. The molecule has 1 heterocycles. The number of hydrogen-bond acceptors (Lipinski definition) is 5. The number of halogens is 3. The van der Waals surface area contributed by atoms with E-state index < -0.39 is 17.5 Å². The fourth-order valence-electron chi connectivity index (χ4n) is 2.24. The minimum absolute atomic E-state index is 0.245. The molecule has 0 radical (unpaired) electrons. The van der Waals surface area contributed by atoms with E-state index in [4.69, 9.17) is 4.74 Å². The van der Waals surface area contributed by atoms with Crippen molar-refractivity contribution in [3.63, 3.8) is 0 Å². The number of nitrogens with zero attached hydrogens (tertiary/aromatic N) is 2. The van der Waals surface area contributed by atoms with Crippen LogP contribution in [0.25, 0.3) is 11.3 Å². The highest BCUT2D eigenvalue weighted by Gasteiger charge is 2.32. The number of aryl methyl sites for hydroxylation is 1. The molecule has 0 saturated heterocycles. The Labute approximate surface area is 137 Å². The molecule has 24 heavy (non-hydrogen) atoms. The summed E-state index contributed by atoms with van der Waals surface area (Å²) in [6, 6.07) is 5.01. The number of methoxy groups -OCH3 is 1. The smallest absolute Gasteiger partial charge is 0.416 e. The standard InChI is InChI=1S/C16H18F3N3O2/c1-10-7-11(16(17,18)19)8-14(23)15(10)13-4-3-12(21-22-13)9-20-5-6-24-2/h3-4,7-8,20,23H,5-6,9H2,1-2H3. The summed E-state index contributed by atoms with van der Waals surface area (Å²) in [6.07, 6.45) is -4.51. The maximum Gasteiger partial charge on any atom is 0.416 e. The third-order valence-corrected chi connectivity index (χ3v) is 3.41. The molecule has 2 rings (SSSR count). The Morgan fingerprint density at radius 2 is 1.96 bits per heavy atom. The molecule has 0 unspecified atom stereocenters. The summed E-state index contributed by atoms with van der Waals surface area (Å²) in [5.41, 5.74) is 0.628. The van der Waals surface area contributed by atoms with E-state index in [1.807, 2.05) is 0 Å². The van der Waals surface area contributed by atoms with Gasteiger partial charge in [0.1, 0.15) is 5.75 Å². The van der Waals surface area contributed by atoms with Gasteiger partial charge in [0.2, 0.25) is 0 Å². The third-order valence-electron chi connectivity index (χ3n) is 3.41. The van der Waals surface area contributed by atoms with Gasteiger partial charge in [-0.15, -0.1) is 0 Å². The summed E-state index contributed by atoms with van der Waals surface area (Å²) in [4.78, 5) is 0. The van der Waals surface area contributed by atoms with Gasteiger partial charge in [0.15, 0.2) is 0 Å². The predicted octanol–water partition coefficient (Wildman–Crippen LogP) is 2.91. The largest absolute Gasteiger partial charge is 0.507 e. The van der Waals surface area contributed by atoms with Gasteiger partial charge in [0.25, 0.3) is 0 Å². The number of alkyl halides is 3. The zero-order valence-corrected chi connectivity index (χ0v) is 13.3. The van der Waals surface area contributed by atoms with Crippen molar-refractivity contribution in [3.8, 4) is 17.0 Å². The molecule has 0 atom stereocenters. The first-order chi connectivity index (χ1) is 11.3. The Balaban J connectivity index is 2.20. The molecule has 1 aromatic carbocycles. The summed E-state index contributed by atoms with van der Waals surface area (Å²) < 4.78 is 43.2. The van der Waals surface area contributed by atoms with E-state index in [1.165, 1.54) is 6.92 Å². The van der Waals surface area contributed by atoms with Crippen LogP contribution in [0.4, 0.5) is 13.2 Å². The van der Waals surface area contributed by atoms with Gasteiger partial charge in [-0.2, -0.15) is 23.4 Å². The maximum atomic E-state index is 12.8. The number of hydrogen-bond donors (Lipinski definition) is 2. The molecule has 0 aliphatic rings. The molecule has 1 aromatic heterocycles. The predicted molar refractivity (Wildman–Crippen MR) is 82.5 cm³/mol. The van der Waals surface area contributed by atoms with Crippen LogP contribution < -0.4 is 5.32 Å². The Hall–Kier alpha value is -2.19. The van der Waals surface area contributed by atoms with Crippen molar-refractivity contribution in [1.29, 1.82) is 0 Å². The maximum absolute atomic E-state index is 12.8. The van der Waals surface area contributed by atoms with Crippen molar-refractivity contribution in [1.82, 2.24) is 15.5 Å². The quantitative estimate of drug-likeness (QED) is 0.791. The fraction of sp³-hybridized carbons (Fsp3) is 0.375. The molecule has 0 amide bonds. The normalized spacial score (nSPS) is 11.7. The van der Waals surface area contributed by atoms with Crippen LogP contribution in [0.3, 0.4) is 0 Å². The number of phenolic OH excluding ortho intramolecular Hbond substituents is 1. The Bertz CT molecular complexity index is 665. The van der Waals surface area contributed by atoms with Gasteiger partial charge in [-0.05, 0) is 36.8 Å². The van der Waals surface area contributed by atoms with Gasteiger partial charge in [-0.25, -0.2) is 0 Å². The summed E-state index contributed by atoms with van der Waals surface area (Å²) >= 11 is 0. The van der Waals surface area contributed by atoms with Crippen LogP contribution in [0.2, 0.25) is 0 Å². The lowest BCUT2D eigenvalue weighted by Crippen LogP contribution is -2.19. The zero-order valence-electron chi connectivity index (χ0n) is 13.3. The van der Waals surface area contributed by atoms with Gasteiger partial charge in [-0.3, -0.25) is 0 Å². The number of nitrogens with one attached hydrogen (secondary N) is 1. The third kappa shape index (κ3) is 4.42. The summed E-state index contributed by atoms with van der Waals surface area (Å²) in [7, 11) is 1.61. The number of aromatic hydroxyl groups is 1. The second-order valence-corrected chi connectivity index (χ2v) is 5.26. The highest BCUT2D eigenvalue weighted by molar-refractivity contribution is 5.71. The summed E-state index contributed by atoms with van der Waals surface area (Å²) in [5.74, 6) is -0.470. The van der Waals surface area contributed by atoms with Crippen LogP contribution in [0, 0.1) is 6.92 Å². The lowest BCUT2D eigenvalue weighted by atomic mass is 10.0. The van der Waals surface area contributed by atoms with Crippen LogP contribution in [-0.4, -0.2) is 35.6 Å². The lowest BCUT2D eigenvalue weighted by molar-refractivity contribution is -0.137. The Kier molecular flexibility index (Phi) is 5.74. The van der Waals surface area contributed by atoms with Gasteiger partial charge >= 0.3 is 6.18 Å². The number of ether oxygens (including phenoxy) is 1. The van der Waals surface area contributed by atoms with Crippen LogP contribution in [-0.2, 0) is 17.5 Å². The minimum atomic E-state index is -4.51. The second kappa shape index (κ2) is 7.59. The van der Waals surface area contributed by atoms with Gasteiger partial charge in [0.05, 0.1) is 23.6 Å². The average Bonchev–Trinajstić information content (AvgIpc) is 2.51. The summed E-state index contributed by atoms with van der Waals surface area (Å²) in [5, 5.41) is 21.1. The van der Waals surface area contributed by atoms with Crippen LogP contribution in [0.1, 0.15) is 16.8 Å². The van der Waals surface area contributed by atoms with Gasteiger partial charge in [0, 0.05) is 25.8 Å². The van der Waals surface area contributed by atoms with Crippen LogP contribution in [0.5, 0.6) is 5.75 Å². The molecule has 130 valence electrons. The van der Waals surface area contributed by atoms with E-state index in [0.717, 1.165) is 6.07 Å². The molecule has 8 heteroatoms. The number of aromatic nitrogens is 2. The number of rotatable bonds is 6. The van der Waals surface area contributed by atoms with Crippen molar-refractivity contribution in [2.24, 2.45) is 0 Å². The van der Waals surface area contributed by atoms with Gasteiger partial charge < -0.3 is 15.2 Å². The van der Waals surface area contributed by atoms with E-state index in [2.05, 4.69) is 15.5 Å². The zero-order chi connectivity index (χ0) is 17.7. The first-order valence-corrected chi connectivity index (χ1v) is 7.26. The van der Waals surface area contributed by atoms with Crippen molar-refractivity contribution >= 4 is 0 Å². The first kappa shape index (κ1) is 18.2. The fourth-order valence-corrected chi connectivity index (χ4v) is 2.24.